The lowest BCUT2D eigenvalue weighted by atomic mass is 9.97. The number of hydrogen-bond acceptors (Lipinski definition) is 5. The topological polar surface area (TPSA) is 55.2 Å². The van der Waals surface area contributed by atoms with Gasteiger partial charge in [-0.15, -0.1) is 11.3 Å². The lowest BCUT2D eigenvalue weighted by Crippen LogP contribution is -2.43. The predicted molar refractivity (Wildman–Crippen MR) is 121 cm³/mol. The number of amides is 1. The van der Waals surface area contributed by atoms with Gasteiger partial charge in [-0.2, -0.15) is 0 Å². The quantitative estimate of drug-likeness (QED) is 0.453. The minimum atomic E-state index is -0.00835. The molecular formula is C22H25N3O2S2. The van der Waals surface area contributed by atoms with Gasteiger partial charge in [0.2, 0.25) is 5.91 Å². The summed E-state index contributed by atoms with van der Waals surface area (Å²) in [5, 5.41) is 1.33. The molecule has 1 unspecified atom stereocenters. The molecule has 1 atom stereocenters. The summed E-state index contributed by atoms with van der Waals surface area (Å²) in [5.41, 5.74) is 3.23. The van der Waals surface area contributed by atoms with Gasteiger partial charge in [-0.1, -0.05) is 30.0 Å². The van der Waals surface area contributed by atoms with Crippen molar-refractivity contribution < 1.29 is 4.79 Å². The zero-order chi connectivity index (χ0) is 20.7. The maximum atomic E-state index is 13.1. The average molecular weight is 428 g/mol. The maximum absolute atomic E-state index is 13.1. The van der Waals surface area contributed by atoms with Gasteiger partial charge in [0.25, 0.3) is 5.56 Å². The zero-order valence-electron chi connectivity index (χ0n) is 17.2. The van der Waals surface area contributed by atoms with E-state index in [4.69, 9.17) is 4.98 Å². The number of carbonyl (C=O) groups excluding carboxylic acids is 1. The van der Waals surface area contributed by atoms with E-state index >= 15 is 0 Å². The largest absolute Gasteiger partial charge is 0.309 e. The summed E-state index contributed by atoms with van der Waals surface area (Å²) < 4.78 is 1.69. The van der Waals surface area contributed by atoms with Crippen molar-refractivity contribution in [2.24, 2.45) is 0 Å². The molecular weight excluding hydrogens is 402 g/mol. The molecule has 1 amide bonds. The number of fused-ring (bicyclic) bond motifs is 2. The molecule has 5 nitrogen and oxygen atoms in total. The van der Waals surface area contributed by atoms with E-state index in [-0.39, 0.29) is 23.3 Å². The van der Waals surface area contributed by atoms with E-state index in [1.807, 2.05) is 43.9 Å². The highest BCUT2D eigenvalue weighted by Gasteiger charge is 2.28. The van der Waals surface area contributed by atoms with E-state index in [1.165, 1.54) is 17.3 Å². The van der Waals surface area contributed by atoms with Crippen molar-refractivity contribution in [3.8, 4) is 0 Å². The Morgan fingerprint density at radius 3 is 2.83 bits per heavy atom. The van der Waals surface area contributed by atoms with Crippen molar-refractivity contribution in [3.05, 3.63) is 50.6 Å². The molecule has 3 aromatic rings. The van der Waals surface area contributed by atoms with Gasteiger partial charge in [-0.25, -0.2) is 4.98 Å². The van der Waals surface area contributed by atoms with Crippen LogP contribution in [-0.4, -0.2) is 27.3 Å². The lowest BCUT2D eigenvalue weighted by molar-refractivity contribution is -0.116. The molecule has 152 valence electrons. The molecule has 0 fully saturated rings. The molecule has 0 saturated carbocycles. The number of nitrogens with zero attached hydrogens (tertiary/aromatic N) is 3. The van der Waals surface area contributed by atoms with Crippen molar-refractivity contribution in [1.29, 1.82) is 0 Å². The number of thioether (sulfide) groups is 1. The van der Waals surface area contributed by atoms with Crippen LogP contribution < -0.4 is 10.5 Å². The molecule has 0 saturated heterocycles. The number of anilines is 1. The van der Waals surface area contributed by atoms with Crippen molar-refractivity contribution in [2.45, 2.75) is 58.3 Å². The molecule has 0 radical (unpaired) electrons. The number of rotatable bonds is 4. The monoisotopic (exact) mass is 427 g/mol. The Morgan fingerprint density at radius 1 is 1.31 bits per heavy atom. The summed E-state index contributed by atoms with van der Waals surface area (Å²) in [7, 11) is 0. The van der Waals surface area contributed by atoms with Gasteiger partial charge in [0.15, 0.2) is 5.16 Å². The van der Waals surface area contributed by atoms with Crippen LogP contribution in [0.25, 0.3) is 10.2 Å². The molecule has 1 aliphatic rings. The van der Waals surface area contributed by atoms with Crippen LogP contribution in [0, 0.1) is 13.8 Å². The van der Waals surface area contributed by atoms with Crippen LogP contribution in [0.15, 0.2) is 34.2 Å². The molecule has 3 heterocycles. The highest BCUT2D eigenvalue weighted by atomic mass is 32.2. The van der Waals surface area contributed by atoms with Crippen LogP contribution in [0.5, 0.6) is 0 Å². The zero-order valence-corrected chi connectivity index (χ0v) is 18.8. The fourth-order valence-electron chi connectivity index (χ4n) is 3.96. The standard InChI is InChI=1S/C22H25N3O2S2/c1-5-24-21(27)19-14(3)15(4)29-20(19)23-22(24)28-12-18(26)25-13(2)10-11-16-8-6-7-9-17(16)25/h6-9,13H,5,10-12H2,1-4H3. The molecule has 4 rings (SSSR count). The summed E-state index contributed by atoms with van der Waals surface area (Å²) >= 11 is 2.91. The summed E-state index contributed by atoms with van der Waals surface area (Å²) in [5.74, 6) is 0.324. The van der Waals surface area contributed by atoms with Gasteiger partial charge in [-0.3, -0.25) is 14.2 Å². The van der Waals surface area contributed by atoms with Gasteiger partial charge >= 0.3 is 0 Å². The molecule has 2 aromatic heterocycles. The predicted octanol–water partition coefficient (Wildman–Crippen LogP) is 4.55. The number of benzene rings is 1. The first kappa shape index (κ1) is 20.2. The summed E-state index contributed by atoms with van der Waals surface area (Å²) in [6.07, 6.45) is 1.96. The van der Waals surface area contributed by atoms with Gasteiger partial charge in [0.1, 0.15) is 4.83 Å². The Balaban J connectivity index is 1.63. The van der Waals surface area contributed by atoms with E-state index in [0.717, 1.165) is 33.8 Å². The Labute approximate surface area is 178 Å². The van der Waals surface area contributed by atoms with Crippen LogP contribution >= 0.6 is 23.1 Å². The average Bonchev–Trinajstić information content (AvgIpc) is 3.00. The molecule has 7 heteroatoms. The Morgan fingerprint density at radius 2 is 2.07 bits per heavy atom. The Bertz CT molecular complexity index is 1150. The highest BCUT2D eigenvalue weighted by molar-refractivity contribution is 7.99. The number of aromatic nitrogens is 2. The lowest BCUT2D eigenvalue weighted by Gasteiger charge is -2.35. The highest BCUT2D eigenvalue weighted by Crippen LogP contribution is 2.32. The van der Waals surface area contributed by atoms with Crippen LogP contribution in [0.4, 0.5) is 5.69 Å². The maximum Gasteiger partial charge on any atom is 0.263 e. The van der Waals surface area contributed by atoms with Crippen molar-refractivity contribution >= 4 is 44.9 Å². The second-order valence-electron chi connectivity index (χ2n) is 7.48. The smallest absolute Gasteiger partial charge is 0.263 e. The summed E-state index contributed by atoms with van der Waals surface area (Å²) in [6.45, 7) is 8.57. The number of para-hydroxylation sites is 1. The van der Waals surface area contributed by atoms with Gasteiger partial charge < -0.3 is 4.90 Å². The molecule has 0 N–H and O–H groups in total. The number of aryl methyl sites for hydroxylation is 3. The van der Waals surface area contributed by atoms with Crippen molar-refractivity contribution in [1.82, 2.24) is 9.55 Å². The third kappa shape index (κ3) is 3.51. The Hall–Kier alpha value is -2.12. The first-order chi connectivity index (χ1) is 13.9. The van der Waals surface area contributed by atoms with Crippen LogP contribution in [-0.2, 0) is 17.8 Å². The molecule has 0 bridgehead atoms. The third-order valence-electron chi connectivity index (χ3n) is 5.69. The summed E-state index contributed by atoms with van der Waals surface area (Å²) in [4.78, 5) is 34.7. The number of hydrogen-bond donors (Lipinski definition) is 0. The molecule has 0 spiro atoms. The van der Waals surface area contributed by atoms with Crippen LogP contribution in [0.2, 0.25) is 0 Å². The first-order valence-corrected chi connectivity index (χ1v) is 11.8. The SMILES string of the molecule is CCn1c(SCC(=O)N2c3ccccc3CCC2C)nc2sc(C)c(C)c2c1=O. The second kappa shape index (κ2) is 7.95. The van der Waals surface area contributed by atoms with Crippen LogP contribution in [0.1, 0.15) is 36.3 Å². The number of carbonyl (C=O) groups is 1. The van der Waals surface area contributed by atoms with Crippen molar-refractivity contribution in [2.75, 3.05) is 10.7 Å². The minimum absolute atomic E-state index is 0.00835. The fourth-order valence-corrected chi connectivity index (χ4v) is 5.95. The molecule has 1 aromatic carbocycles. The normalized spacial score (nSPS) is 16.3. The summed E-state index contributed by atoms with van der Waals surface area (Å²) in [6, 6.07) is 8.30. The van der Waals surface area contributed by atoms with Gasteiger partial charge in [0.05, 0.1) is 11.1 Å². The minimum Gasteiger partial charge on any atom is -0.309 e. The molecule has 29 heavy (non-hydrogen) atoms. The van der Waals surface area contributed by atoms with E-state index < -0.39 is 0 Å². The third-order valence-corrected chi connectivity index (χ3v) is 7.75. The second-order valence-corrected chi connectivity index (χ2v) is 9.62. The molecule has 1 aliphatic heterocycles. The van der Waals surface area contributed by atoms with E-state index in [9.17, 15) is 9.59 Å². The van der Waals surface area contributed by atoms with E-state index in [0.29, 0.717) is 17.1 Å². The van der Waals surface area contributed by atoms with Crippen molar-refractivity contribution in [3.63, 3.8) is 0 Å². The van der Waals surface area contributed by atoms with E-state index in [2.05, 4.69) is 13.0 Å². The first-order valence-electron chi connectivity index (χ1n) is 9.95. The van der Waals surface area contributed by atoms with Gasteiger partial charge in [0, 0.05) is 23.2 Å². The Kier molecular flexibility index (Phi) is 5.53. The van der Waals surface area contributed by atoms with Crippen LogP contribution in [0.3, 0.4) is 0 Å². The van der Waals surface area contributed by atoms with Gasteiger partial charge in [-0.05, 0) is 57.7 Å². The number of thiophene rings is 1. The fraction of sp³-hybridized carbons (Fsp3) is 0.409. The van der Waals surface area contributed by atoms with E-state index in [1.54, 1.807) is 15.9 Å². The molecule has 0 aliphatic carbocycles.